The Morgan fingerprint density at radius 3 is 2.48 bits per heavy atom. The molecule has 0 aliphatic heterocycles. The van der Waals surface area contributed by atoms with Gasteiger partial charge in [-0.15, -0.1) is 0 Å². The van der Waals surface area contributed by atoms with Crippen molar-refractivity contribution in [1.29, 1.82) is 0 Å². The molecule has 224 valence electrons. The largest absolute Gasteiger partial charge is 0.494 e. The summed E-state index contributed by atoms with van der Waals surface area (Å²) in [5, 5.41) is 8.11. The van der Waals surface area contributed by atoms with Gasteiger partial charge < -0.3 is 14.8 Å². The molecule has 9 heteroatoms. The summed E-state index contributed by atoms with van der Waals surface area (Å²) in [7, 11) is 0. The van der Waals surface area contributed by atoms with E-state index in [0.717, 1.165) is 22.4 Å². The van der Waals surface area contributed by atoms with E-state index in [4.69, 9.17) is 26.1 Å². The van der Waals surface area contributed by atoms with Crippen LogP contribution in [0.2, 0.25) is 5.02 Å². The molecule has 1 N–H and O–H groups in total. The molecule has 0 aliphatic carbocycles. The van der Waals surface area contributed by atoms with Gasteiger partial charge in [0.1, 0.15) is 11.5 Å². The fraction of sp³-hybridized carbons (Fsp3) is 0.200. The van der Waals surface area contributed by atoms with Crippen molar-refractivity contribution in [3.05, 3.63) is 117 Å². The van der Waals surface area contributed by atoms with Crippen molar-refractivity contribution in [1.82, 2.24) is 9.66 Å². The van der Waals surface area contributed by atoms with Gasteiger partial charge in [0.05, 0.1) is 28.7 Å². The monoisotopic (exact) mass is 608 g/mol. The number of halogens is 1. The highest BCUT2D eigenvalue weighted by atomic mass is 35.5. The number of amides is 1. The topological polar surface area (TPSA) is 94.8 Å². The molecule has 5 aromatic rings. The predicted octanol–water partition coefficient (Wildman–Crippen LogP) is 7.45. The minimum absolute atomic E-state index is 0.187. The van der Waals surface area contributed by atoms with Crippen LogP contribution in [0.15, 0.2) is 94.8 Å². The molecule has 1 aromatic heterocycles. The molecular formula is C35H33ClN4O4. The molecule has 0 saturated heterocycles. The van der Waals surface area contributed by atoms with Crippen molar-refractivity contribution < 1.29 is 14.3 Å². The number of rotatable bonds is 10. The van der Waals surface area contributed by atoms with E-state index in [0.29, 0.717) is 45.4 Å². The van der Waals surface area contributed by atoms with Crippen LogP contribution in [-0.2, 0) is 4.79 Å². The number of hydrogen-bond acceptors (Lipinski definition) is 6. The van der Waals surface area contributed by atoms with Gasteiger partial charge in [-0.2, -0.15) is 9.78 Å². The van der Waals surface area contributed by atoms with Gasteiger partial charge in [-0.25, -0.2) is 4.98 Å². The fourth-order valence-corrected chi connectivity index (χ4v) is 5.02. The number of hydrogen-bond donors (Lipinski definition) is 1. The van der Waals surface area contributed by atoms with Crippen LogP contribution in [0.3, 0.4) is 0 Å². The lowest BCUT2D eigenvalue weighted by Crippen LogP contribution is -2.21. The summed E-state index contributed by atoms with van der Waals surface area (Å²) in [5.74, 6) is 1.47. The summed E-state index contributed by atoms with van der Waals surface area (Å²) in [6.07, 6.45) is 1.55. The zero-order chi connectivity index (χ0) is 31.2. The number of carbonyl (C=O) groups is 1. The Labute approximate surface area is 260 Å². The lowest BCUT2D eigenvalue weighted by Gasteiger charge is -2.18. The van der Waals surface area contributed by atoms with Crippen LogP contribution in [0.1, 0.15) is 43.4 Å². The predicted molar refractivity (Wildman–Crippen MR) is 176 cm³/mol. The number of fused-ring (bicyclic) bond motifs is 1. The Morgan fingerprint density at radius 2 is 1.75 bits per heavy atom. The van der Waals surface area contributed by atoms with Crippen LogP contribution in [0.4, 0.5) is 5.69 Å². The van der Waals surface area contributed by atoms with Crippen LogP contribution < -0.4 is 20.3 Å². The van der Waals surface area contributed by atoms with Gasteiger partial charge >= 0.3 is 0 Å². The first-order valence-corrected chi connectivity index (χ1v) is 14.7. The Balaban J connectivity index is 1.47. The van der Waals surface area contributed by atoms with E-state index in [1.54, 1.807) is 48.7 Å². The highest BCUT2D eigenvalue weighted by Gasteiger charge is 2.18. The molecule has 0 unspecified atom stereocenters. The molecule has 44 heavy (non-hydrogen) atoms. The number of aryl methyl sites for hydroxylation is 1. The maximum absolute atomic E-state index is 13.7. The standard InChI is InChI=1S/C35H33ClN4O4/c1-5-43-32-17-23(4)28(19-27(32)22(2)3)34-39-30-14-10-9-13-26(30)35(42)40(34)37-20-24-15-16-31(29(36)18-24)44-21-33(41)38-25-11-7-6-8-12-25/h6-20,22H,5,21H2,1-4H3,(H,38,41). The number of ether oxygens (including phenoxy) is 2. The Kier molecular flexibility index (Phi) is 9.41. The van der Waals surface area contributed by atoms with Gasteiger partial charge in [0.15, 0.2) is 12.4 Å². The Morgan fingerprint density at radius 1 is 1.00 bits per heavy atom. The molecule has 4 aromatic carbocycles. The van der Waals surface area contributed by atoms with Gasteiger partial charge in [-0.05, 0) is 91.1 Å². The number of nitrogens with zero attached hydrogens (tertiary/aromatic N) is 3. The molecule has 5 rings (SSSR count). The number of benzene rings is 4. The molecule has 0 fully saturated rings. The molecule has 1 amide bonds. The van der Waals surface area contributed by atoms with Crippen molar-refractivity contribution in [3.8, 4) is 22.9 Å². The summed E-state index contributed by atoms with van der Waals surface area (Å²) in [5.41, 5.74) is 4.31. The van der Waals surface area contributed by atoms with Crippen molar-refractivity contribution in [2.45, 2.75) is 33.6 Å². The Hall–Kier alpha value is -4.95. The average Bonchev–Trinajstić information content (AvgIpc) is 3.01. The summed E-state index contributed by atoms with van der Waals surface area (Å²) < 4.78 is 12.9. The minimum atomic E-state index is -0.307. The Bertz CT molecular complexity index is 1900. The normalized spacial score (nSPS) is 11.3. The highest BCUT2D eigenvalue weighted by Crippen LogP contribution is 2.34. The first-order valence-electron chi connectivity index (χ1n) is 14.4. The quantitative estimate of drug-likeness (QED) is 0.166. The second kappa shape index (κ2) is 13.6. The average molecular weight is 609 g/mol. The van der Waals surface area contributed by atoms with E-state index in [1.807, 2.05) is 56.3 Å². The van der Waals surface area contributed by atoms with Crippen molar-refractivity contribution >= 4 is 40.3 Å². The van der Waals surface area contributed by atoms with E-state index >= 15 is 0 Å². The summed E-state index contributed by atoms with van der Waals surface area (Å²) in [6, 6.07) is 25.4. The highest BCUT2D eigenvalue weighted by molar-refractivity contribution is 6.32. The van der Waals surface area contributed by atoms with Crippen molar-refractivity contribution in [2.75, 3.05) is 18.5 Å². The van der Waals surface area contributed by atoms with E-state index in [2.05, 4.69) is 24.3 Å². The second-order valence-corrected chi connectivity index (χ2v) is 10.9. The van der Waals surface area contributed by atoms with Crippen LogP contribution in [0.5, 0.6) is 11.5 Å². The molecule has 0 radical (unpaired) electrons. The minimum Gasteiger partial charge on any atom is -0.494 e. The number of para-hydroxylation sites is 2. The summed E-state index contributed by atoms with van der Waals surface area (Å²) in [6.45, 7) is 8.47. The van der Waals surface area contributed by atoms with Gasteiger partial charge in [0.25, 0.3) is 11.5 Å². The van der Waals surface area contributed by atoms with E-state index in [1.165, 1.54) is 4.68 Å². The molecule has 1 heterocycles. The maximum Gasteiger partial charge on any atom is 0.282 e. The molecule has 0 aliphatic rings. The van der Waals surface area contributed by atoms with Gasteiger partial charge in [-0.1, -0.05) is 55.8 Å². The van der Waals surface area contributed by atoms with E-state index < -0.39 is 0 Å². The number of nitrogens with one attached hydrogen (secondary N) is 1. The van der Waals surface area contributed by atoms with Gasteiger partial charge in [0.2, 0.25) is 0 Å². The zero-order valence-corrected chi connectivity index (χ0v) is 25.8. The smallest absolute Gasteiger partial charge is 0.282 e. The van der Waals surface area contributed by atoms with Crippen LogP contribution in [-0.4, -0.2) is 35.0 Å². The van der Waals surface area contributed by atoms with Crippen LogP contribution >= 0.6 is 11.6 Å². The SMILES string of the molecule is CCOc1cc(C)c(-c2nc3ccccc3c(=O)n2N=Cc2ccc(OCC(=O)Nc3ccccc3)c(Cl)c2)cc1C(C)C. The lowest BCUT2D eigenvalue weighted by molar-refractivity contribution is -0.118. The second-order valence-electron chi connectivity index (χ2n) is 10.5. The molecule has 0 saturated carbocycles. The third-order valence-electron chi connectivity index (χ3n) is 6.97. The molecule has 0 atom stereocenters. The molecule has 0 spiro atoms. The molecule has 0 bridgehead atoms. The number of carbonyl (C=O) groups excluding carboxylic acids is 1. The van der Waals surface area contributed by atoms with E-state index in [-0.39, 0.29) is 24.0 Å². The maximum atomic E-state index is 13.7. The van der Waals surface area contributed by atoms with Crippen LogP contribution in [0, 0.1) is 6.92 Å². The van der Waals surface area contributed by atoms with Crippen molar-refractivity contribution in [3.63, 3.8) is 0 Å². The first-order chi connectivity index (χ1) is 21.2. The summed E-state index contributed by atoms with van der Waals surface area (Å²) in [4.78, 5) is 30.9. The first kappa shape index (κ1) is 30.5. The summed E-state index contributed by atoms with van der Waals surface area (Å²) >= 11 is 6.49. The van der Waals surface area contributed by atoms with Gasteiger partial charge in [-0.3, -0.25) is 9.59 Å². The number of aromatic nitrogens is 2. The van der Waals surface area contributed by atoms with Gasteiger partial charge in [0, 0.05) is 11.3 Å². The third-order valence-corrected chi connectivity index (χ3v) is 7.26. The van der Waals surface area contributed by atoms with Crippen LogP contribution in [0.25, 0.3) is 22.3 Å². The van der Waals surface area contributed by atoms with E-state index in [9.17, 15) is 9.59 Å². The third kappa shape index (κ3) is 6.82. The molecule has 8 nitrogen and oxygen atoms in total. The fourth-order valence-electron chi connectivity index (χ4n) is 4.78. The number of anilines is 1. The lowest BCUT2D eigenvalue weighted by atomic mass is 9.96. The molecular weight excluding hydrogens is 576 g/mol. The van der Waals surface area contributed by atoms with Crippen molar-refractivity contribution in [2.24, 2.45) is 5.10 Å². The zero-order valence-electron chi connectivity index (χ0n) is 25.0.